The predicted molar refractivity (Wildman–Crippen MR) is 77.1 cm³/mol. The zero-order chi connectivity index (χ0) is 14.4. The van der Waals surface area contributed by atoms with E-state index in [1.807, 2.05) is 36.7 Å². The van der Waals surface area contributed by atoms with Crippen molar-refractivity contribution in [1.29, 1.82) is 0 Å². The predicted octanol–water partition coefficient (Wildman–Crippen LogP) is 1.50. The van der Waals surface area contributed by atoms with Gasteiger partial charge in [0.2, 0.25) is 0 Å². The fourth-order valence-corrected chi connectivity index (χ4v) is 1.85. The molecule has 1 heterocycles. The third-order valence-corrected chi connectivity index (χ3v) is 2.86. The van der Waals surface area contributed by atoms with E-state index in [9.17, 15) is 0 Å². The summed E-state index contributed by atoms with van der Waals surface area (Å²) in [6.45, 7) is 5.57. The molecule has 0 saturated heterocycles. The molecule has 0 aliphatic heterocycles. The molecule has 104 valence electrons. The summed E-state index contributed by atoms with van der Waals surface area (Å²) in [5, 5.41) is 4.11. The van der Waals surface area contributed by atoms with Gasteiger partial charge in [-0.25, -0.2) is 9.67 Å². The van der Waals surface area contributed by atoms with E-state index >= 15 is 0 Å². The van der Waals surface area contributed by atoms with E-state index in [0.29, 0.717) is 13.2 Å². The molecule has 0 saturated carbocycles. The normalized spacial score (nSPS) is 9.95. The Morgan fingerprint density at radius 1 is 1.40 bits per heavy atom. The fraction of sp³-hybridized carbons (Fsp3) is 0.333. The van der Waals surface area contributed by atoms with Gasteiger partial charge in [-0.1, -0.05) is 11.8 Å². The van der Waals surface area contributed by atoms with Crippen molar-refractivity contribution in [3.8, 4) is 17.6 Å². The van der Waals surface area contributed by atoms with E-state index in [1.165, 1.54) is 0 Å². The second-order valence-corrected chi connectivity index (χ2v) is 4.27. The molecular weight excluding hydrogens is 252 g/mol. The molecule has 0 unspecified atom stereocenters. The Balaban J connectivity index is 2.07. The van der Waals surface area contributed by atoms with Gasteiger partial charge in [0.05, 0.1) is 6.54 Å². The van der Waals surface area contributed by atoms with E-state index in [2.05, 4.69) is 21.9 Å². The van der Waals surface area contributed by atoms with Crippen LogP contribution in [0.15, 0.2) is 24.5 Å². The molecule has 0 bridgehead atoms. The number of aromatic nitrogens is 3. The van der Waals surface area contributed by atoms with E-state index in [0.717, 1.165) is 29.2 Å². The van der Waals surface area contributed by atoms with Crippen molar-refractivity contribution in [2.45, 2.75) is 27.0 Å². The van der Waals surface area contributed by atoms with Gasteiger partial charge in [0.15, 0.2) is 5.82 Å². The summed E-state index contributed by atoms with van der Waals surface area (Å²) >= 11 is 0. The van der Waals surface area contributed by atoms with E-state index < -0.39 is 0 Å². The first-order chi connectivity index (χ1) is 9.74. The molecule has 0 radical (unpaired) electrons. The quantitative estimate of drug-likeness (QED) is 0.855. The number of benzene rings is 1. The Morgan fingerprint density at radius 3 is 2.95 bits per heavy atom. The minimum atomic E-state index is 0.365. The summed E-state index contributed by atoms with van der Waals surface area (Å²) in [6, 6.07) is 5.83. The smallest absolute Gasteiger partial charge is 0.164 e. The Kier molecular flexibility index (Phi) is 4.75. The summed E-state index contributed by atoms with van der Waals surface area (Å²) in [6.07, 6.45) is 1.54. The first kappa shape index (κ1) is 14.1. The van der Waals surface area contributed by atoms with Crippen LogP contribution in [0, 0.1) is 18.8 Å². The Morgan fingerprint density at radius 2 is 2.25 bits per heavy atom. The summed E-state index contributed by atoms with van der Waals surface area (Å²) < 4.78 is 7.60. The molecule has 20 heavy (non-hydrogen) atoms. The fourth-order valence-electron chi connectivity index (χ4n) is 1.85. The molecular formula is C15H18N4O. The van der Waals surface area contributed by atoms with Crippen LogP contribution in [-0.2, 0) is 13.2 Å². The Hall–Kier alpha value is -2.32. The minimum absolute atomic E-state index is 0.365. The van der Waals surface area contributed by atoms with Crippen molar-refractivity contribution in [1.82, 2.24) is 14.8 Å². The summed E-state index contributed by atoms with van der Waals surface area (Å²) in [7, 11) is 0. The number of ether oxygens (including phenoxy) is 1. The SMILES string of the molecule is CCn1ncnc1COc1ccc(C#CCN)cc1C. The molecule has 0 spiro atoms. The summed E-state index contributed by atoms with van der Waals surface area (Å²) in [4.78, 5) is 4.18. The van der Waals surface area contributed by atoms with E-state index in [1.54, 1.807) is 6.33 Å². The number of nitrogens with zero attached hydrogens (tertiary/aromatic N) is 3. The van der Waals surface area contributed by atoms with Crippen LogP contribution < -0.4 is 10.5 Å². The Bertz CT molecular complexity index is 637. The molecule has 0 aliphatic rings. The molecule has 0 aliphatic carbocycles. The molecule has 0 fully saturated rings. The monoisotopic (exact) mass is 270 g/mol. The standard InChI is InChI=1S/C15H18N4O/c1-3-19-15(17-11-18-19)10-20-14-7-6-13(5-4-8-16)9-12(14)2/h6-7,9,11H,3,8,10,16H2,1-2H3. The lowest BCUT2D eigenvalue weighted by molar-refractivity contribution is 0.285. The van der Waals surface area contributed by atoms with Gasteiger partial charge in [-0.2, -0.15) is 5.10 Å². The topological polar surface area (TPSA) is 66.0 Å². The van der Waals surface area contributed by atoms with Crippen LogP contribution in [0.1, 0.15) is 23.9 Å². The highest BCUT2D eigenvalue weighted by Crippen LogP contribution is 2.19. The molecule has 2 rings (SSSR count). The van der Waals surface area contributed by atoms with Gasteiger partial charge in [0.1, 0.15) is 18.7 Å². The maximum atomic E-state index is 5.79. The first-order valence-corrected chi connectivity index (χ1v) is 6.53. The lowest BCUT2D eigenvalue weighted by Gasteiger charge is -2.09. The third-order valence-electron chi connectivity index (χ3n) is 2.86. The van der Waals surface area contributed by atoms with Crippen LogP contribution in [0.2, 0.25) is 0 Å². The van der Waals surface area contributed by atoms with Crippen LogP contribution in [-0.4, -0.2) is 21.3 Å². The third kappa shape index (κ3) is 3.37. The van der Waals surface area contributed by atoms with Crippen molar-refractivity contribution in [3.63, 3.8) is 0 Å². The minimum Gasteiger partial charge on any atom is -0.485 e. The molecule has 5 heteroatoms. The van der Waals surface area contributed by atoms with Crippen LogP contribution in [0.3, 0.4) is 0 Å². The van der Waals surface area contributed by atoms with Gasteiger partial charge in [0.25, 0.3) is 0 Å². The second-order valence-electron chi connectivity index (χ2n) is 4.27. The molecule has 0 atom stereocenters. The van der Waals surface area contributed by atoms with Gasteiger partial charge in [-0.15, -0.1) is 0 Å². The highest BCUT2D eigenvalue weighted by atomic mass is 16.5. The van der Waals surface area contributed by atoms with Crippen LogP contribution in [0.4, 0.5) is 0 Å². The Labute approximate surface area is 118 Å². The largest absolute Gasteiger partial charge is 0.485 e. The lowest BCUT2D eigenvalue weighted by Crippen LogP contribution is -2.07. The van der Waals surface area contributed by atoms with Crippen LogP contribution >= 0.6 is 0 Å². The molecule has 2 aromatic rings. The average Bonchev–Trinajstić information content (AvgIpc) is 2.91. The van der Waals surface area contributed by atoms with E-state index in [-0.39, 0.29) is 0 Å². The maximum absolute atomic E-state index is 5.79. The zero-order valence-corrected chi connectivity index (χ0v) is 11.8. The van der Waals surface area contributed by atoms with E-state index in [4.69, 9.17) is 10.5 Å². The highest BCUT2D eigenvalue weighted by Gasteiger charge is 2.05. The van der Waals surface area contributed by atoms with Crippen LogP contribution in [0.25, 0.3) is 0 Å². The van der Waals surface area contributed by atoms with Crippen molar-refractivity contribution in [3.05, 3.63) is 41.5 Å². The summed E-state index contributed by atoms with van der Waals surface area (Å²) in [5.41, 5.74) is 7.34. The number of aryl methyl sites for hydroxylation is 2. The summed E-state index contributed by atoms with van der Waals surface area (Å²) in [5.74, 6) is 7.49. The molecule has 2 N–H and O–H groups in total. The van der Waals surface area contributed by atoms with Gasteiger partial charge < -0.3 is 10.5 Å². The van der Waals surface area contributed by atoms with Gasteiger partial charge in [0, 0.05) is 12.1 Å². The maximum Gasteiger partial charge on any atom is 0.164 e. The first-order valence-electron chi connectivity index (χ1n) is 6.53. The van der Waals surface area contributed by atoms with Gasteiger partial charge >= 0.3 is 0 Å². The van der Waals surface area contributed by atoms with Gasteiger partial charge in [-0.3, -0.25) is 0 Å². The number of hydrogen-bond acceptors (Lipinski definition) is 4. The van der Waals surface area contributed by atoms with Crippen molar-refractivity contribution >= 4 is 0 Å². The van der Waals surface area contributed by atoms with Crippen LogP contribution in [0.5, 0.6) is 5.75 Å². The molecule has 1 aromatic heterocycles. The number of nitrogens with two attached hydrogens (primary N) is 1. The average molecular weight is 270 g/mol. The second kappa shape index (κ2) is 6.73. The number of rotatable bonds is 4. The molecule has 5 nitrogen and oxygen atoms in total. The van der Waals surface area contributed by atoms with Crippen molar-refractivity contribution < 1.29 is 4.74 Å². The van der Waals surface area contributed by atoms with Gasteiger partial charge in [-0.05, 0) is 37.6 Å². The highest BCUT2D eigenvalue weighted by molar-refractivity contribution is 5.43. The molecule has 0 amide bonds. The van der Waals surface area contributed by atoms with Crippen molar-refractivity contribution in [2.24, 2.45) is 5.73 Å². The zero-order valence-electron chi connectivity index (χ0n) is 11.8. The number of hydrogen-bond donors (Lipinski definition) is 1. The lowest BCUT2D eigenvalue weighted by atomic mass is 10.1. The van der Waals surface area contributed by atoms with Crippen molar-refractivity contribution in [2.75, 3.05) is 6.54 Å². The molecule has 1 aromatic carbocycles.